The Kier molecular flexibility index (Phi) is 6.35. The number of nitrogens with one attached hydrogen (secondary N) is 2. The standard InChI is InChI=1S/C21H17BrN2O3/c22-18-10-4-8-16(12-18)20(25)23-19-11-5-9-17(13-19)21(26)24-27-14-15-6-2-1-3-7-15/h1-13H,14H2,(H,23,25)(H,24,26). The van der Waals surface area contributed by atoms with Crippen LogP contribution in [-0.2, 0) is 11.4 Å². The van der Waals surface area contributed by atoms with Gasteiger partial charge in [0, 0.05) is 21.3 Å². The summed E-state index contributed by atoms with van der Waals surface area (Å²) in [5, 5.41) is 2.78. The molecule has 0 saturated carbocycles. The topological polar surface area (TPSA) is 67.4 Å². The van der Waals surface area contributed by atoms with Gasteiger partial charge in [-0.15, -0.1) is 0 Å². The van der Waals surface area contributed by atoms with Crippen molar-refractivity contribution in [3.63, 3.8) is 0 Å². The van der Waals surface area contributed by atoms with Crippen molar-refractivity contribution in [2.75, 3.05) is 5.32 Å². The summed E-state index contributed by atoms with van der Waals surface area (Å²) < 4.78 is 0.818. The molecule has 0 saturated heterocycles. The Labute approximate surface area is 165 Å². The first-order valence-electron chi connectivity index (χ1n) is 8.25. The lowest BCUT2D eigenvalue weighted by Gasteiger charge is -2.09. The lowest BCUT2D eigenvalue weighted by atomic mass is 10.1. The monoisotopic (exact) mass is 424 g/mol. The quantitative estimate of drug-likeness (QED) is 0.569. The number of halogens is 1. The molecule has 2 amide bonds. The number of hydroxylamine groups is 1. The Morgan fingerprint density at radius 1 is 0.815 bits per heavy atom. The number of carbonyl (C=O) groups excluding carboxylic acids is 2. The van der Waals surface area contributed by atoms with Gasteiger partial charge in [-0.05, 0) is 42.0 Å². The second-order valence-corrected chi connectivity index (χ2v) is 6.67. The summed E-state index contributed by atoms with van der Waals surface area (Å²) in [6.45, 7) is 0.270. The first kappa shape index (κ1) is 18.8. The van der Waals surface area contributed by atoms with E-state index < -0.39 is 0 Å². The zero-order chi connectivity index (χ0) is 19.1. The van der Waals surface area contributed by atoms with Gasteiger partial charge < -0.3 is 5.32 Å². The highest BCUT2D eigenvalue weighted by Crippen LogP contribution is 2.15. The van der Waals surface area contributed by atoms with Gasteiger partial charge in [-0.25, -0.2) is 5.48 Å². The van der Waals surface area contributed by atoms with E-state index in [1.54, 1.807) is 42.5 Å². The Hall–Kier alpha value is -2.96. The van der Waals surface area contributed by atoms with Crippen LogP contribution < -0.4 is 10.8 Å². The van der Waals surface area contributed by atoms with Gasteiger partial charge in [-0.3, -0.25) is 14.4 Å². The molecule has 3 rings (SSSR count). The van der Waals surface area contributed by atoms with Crippen LogP contribution in [0, 0.1) is 0 Å². The predicted molar refractivity (Wildman–Crippen MR) is 107 cm³/mol. The van der Waals surface area contributed by atoms with Crippen molar-refractivity contribution < 1.29 is 14.4 Å². The van der Waals surface area contributed by atoms with Crippen molar-refractivity contribution >= 4 is 33.4 Å². The molecule has 3 aromatic rings. The van der Waals surface area contributed by atoms with Crippen LogP contribution in [0.25, 0.3) is 0 Å². The van der Waals surface area contributed by atoms with Crippen molar-refractivity contribution in [1.29, 1.82) is 0 Å². The number of hydrogen-bond acceptors (Lipinski definition) is 3. The second-order valence-electron chi connectivity index (χ2n) is 5.75. The number of benzene rings is 3. The zero-order valence-corrected chi connectivity index (χ0v) is 15.9. The summed E-state index contributed by atoms with van der Waals surface area (Å²) in [5.41, 5.74) is 4.79. The van der Waals surface area contributed by atoms with E-state index in [2.05, 4.69) is 26.7 Å². The predicted octanol–water partition coefficient (Wildman–Crippen LogP) is 4.56. The van der Waals surface area contributed by atoms with Gasteiger partial charge in [0.2, 0.25) is 0 Å². The fourth-order valence-corrected chi connectivity index (χ4v) is 2.79. The van der Waals surface area contributed by atoms with Crippen LogP contribution in [0.4, 0.5) is 5.69 Å². The molecule has 2 N–H and O–H groups in total. The van der Waals surface area contributed by atoms with Gasteiger partial charge in [0.15, 0.2) is 0 Å². The molecule has 0 spiro atoms. The summed E-state index contributed by atoms with van der Waals surface area (Å²) in [6, 6.07) is 23.3. The molecule has 0 aliphatic heterocycles. The Morgan fingerprint density at radius 3 is 2.26 bits per heavy atom. The minimum atomic E-state index is -0.385. The smallest absolute Gasteiger partial charge is 0.274 e. The maximum absolute atomic E-state index is 12.3. The maximum atomic E-state index is 12.3. The molecule has 0 fully saturated rings. The number of carbonyl (C=O) groups is 2. The molecule has 136 valence electrons. The largest absolute Gasteiger partial charge is 0.322 e. The summed E-state index contributed by atoms with van der Waals surface area (Å²) in [5.74, 6) is -0.640. The molecule has 0 unspecified atom stereocenters. The number of rotatable bonds is 6. The minimum Gasteiger partial charge on any atom is -0.322 e. The molecule has 6 heteroatoms. The SMILES string of the molecule is O=C(NOCc1ccccc1)c1cccc(NC(=O)c2cccc(Br)c2)c1. The Bertz CT molecular complexity index is 945. The lowest BCUT2D eigenvalue weighted by molar-refractivity contribution is 0.0233. The van der Waals surface area contributed by atoms with E-state index in [4.69, 9.17) is 4.84 Å². The fourth-order valence-electron chi connectivity index (χ4n) is 2.39. The summed E-state index contributed by atoms with van der Waals surface area (Å²) >= 11 is 3.34. The molecule has 27 heavy (non-hydrogen) atoms. The van der Waals surface area contributed by atoms with Crippen LogP contribution in [-0.4, -0.2) is 11.8 Å². The molecule has 3 aromatic carbocycles. The van der Waals surface area contributed by atoms with Gasteiger partial charge >= 0.3 is 0 Å². The van der Waals surface area contributed by atoms with Crippen LogP contribution in [0.1, 0.15) is 26.3 Å². The number of anilines is 1. The molecule has 0 aliphatic carbocycles. The average Bonchev–Trinajstić information content (AvgIpc) is 2.69. The van der Waals surface area contributed by atoms with Gasteiger partial charge in [-0.1, -0.05) is 58.4 Å². The van der Waals surface area contributed by atoms with E-state index in [0.717, 1.165) is 10.0 Å². The highest BCUT2D eigenvalue weighted by Gasteiger charge is 2.10. The first-order chi connectivity index (χ1) is 13.1. The van der Waals surface area contributed by atoms with Crippen molar-refractivity contribution in [2.45, 2.75) is 6.61 Å². The number of amides is 2. The third-order valence-electron chi connectivity index (χ3n) is 3.72. The summed E-state index contributed by atoms with van der Waals surface area (Å²) in [6.07, 6.45) is 0. The third kappa shape index (κ3) is 5.51. The molecule has 0 aliphatic rings. The van der Waals surface area contributed by atoms with Gasteiger partial charge in [0.25, 0.3) is 11.8 Å². The fraction of sp³-hybridized carbons (Fsp3) is 0.0476. The van der Waals surface area contributed by atoms with Gasteiger partial charge in [0.05, 0.1) is 6.61 Å². The molecule has 0 heterocycles. The van der Waals surface area contributed by atoms with Crippen molar-refractivity contribution in [3.05, 3.63) is 100 Å². The zero-order valence-electron chi connectivity index (χ0n) is 14.3. The van der Waals surface area contributed by atoms with Crippen LogP contribution >= 0.6 is 15.9 Å². The molecule has 0 aromatic heterocycles. The van der Waals surface area contributed by atoms with E-state index >= 15 is 0 Å². The van der Waals surface area contributed by atoms with Crippen LogP contribution in [0.3, 0.4) is 0 Å². The third-order valence-corrected chi connectivity index (χ3v) is 4.21. The minimum absolute atomic E-state index is 0.255. The highest BCUT2D eigenvalue weighted by molar-refractivity contribution is 9.10. The van der Waals surface area contributed by atoms with Crippen molar-refractivity contribution in [2.24, 2.45) is 0 Å². The van der Waals surface area contributed by atoms with Crippen molar-refractivity contribution in [3.8, 4) is 0 Å². The van der Waals surface area contributed by atoms with Crippen LogP contribution in [0.15, 0.2) is 83.3 Å². The van der Waals surface area contributed by atoms with Gasteiger partial charge in [0.1, 0.15) is 0 Å². The Morgan fingerprint density at radius 2 is 1.52 bits per heavy atom. The maximum Gasteiger partial charge on any atom is 0.274 e. The van der Waals surface area contributed by atoms with Gasteiger partial charge in [-0.2, -0.15) is 0 Å². The van der Waals surface area contributed by atoms with Crippen molar-refractivity contribution in [1.82, 2.24) is 5.48 Å². The van der Waals surface area contributed by atoms with Crippen LogP contribution in [0.5, 0.6) is 0 Å². The molecule has 5 nitrogen and oxygen atoms in total. The van der Waals surface area contributed by atoms with E-state index in [1.807, 2.05) is 36.4 Å². The Balaban J connectivity index is 1.59. The lowest BCUT2D eigenvalue weighted by Crippen LogP contribution is -2.23. The second kappa shape index (κ2) is 9.12. The molecule has 0 radical (unpaired) electrons. The summed E-state index contributed by atoms with van der Waals surface area (Å²) in [7, 11) is 0. The van der Waals surface area contributed by atoms with E-state index in [0.29, 0.717) is 16.8 Å². The summed E-state index contributed by atoms with van der Waals surface area (Å²) in [4.78, 5) is 29.8. The molecule has 0 bridgehead atoms. The normalized spacial score (nSPS) is 10.3. The van der Waals surface area contributed by atoms with E-state index in [9.17, 15) is 9.59 Å². The molecule has 0 atom stereocenters. The van der Waals surface area contributed by atoms with E-state index in [-0.39, 0.29) is 18.4 Å². The van der Waals surface area contributed by atoms with Crippen LogP contribution in [0.2, 0.25) is 0 Å². The first-order valence-corrected chi connectivity index (χ1v) is 9.04. The highest BCUT2D eigenvalue weighted by atomic mass is 79.9. The van der Waals surface area contributed by atoms with E-state index in [1.165, 1.54) is 0 Å². The molecular weight excluding hydrogens is 408 g/mol. The molecular formula is C21H17BrN2O3. The average molecular weight is 425 g/mol. The number of hydrogen-bond donors (Lipinski definition) is 2.